The van der Waals surface area contributed by atoms with Gasteiger partial charge >= 0.3 is 0 Å². The van der Waals surface area contributed by atoms with Crippen LogP contribution in [-0.4, -0.2) is 4.92 Å². The molecule has 20 heavy (non-hydrogen) atoms. The molecule has 0 saturated heterocycles. The highest BCUT2D eigenvalue weighted by Crippen LogP contribution is 2.31. The largest absolute Gasteiger partial charge is 0.457 e. The number of nitrogens with two attached hydrogens (primary N) is 1. The molecule has 2 N–H and O–H groups in total. The molecule has 0 saturated carbocycles. The van der Waals surface area contributed by atoms with E-state index in [4.69, 9.17) is 10.5 Å². The third-order valence-electron chi connectivity index (χ3n) is 3.01. The van der Waals surface area contributed by atoms with Crippen molar-refractivity contribution in [1.82, 2.24) is 0 Å². The van der Waals surface area contributed by atoms with Gasteiger partial charge in [-0.15, -0.1) is 0 Å². The molecule has 0 aliphatic rings. The Morgan fingerprint density at radius 1 is 1.25 bits per heavy atom. The van der Waals surface area contributed by atoms with Gasteiger partial charge in [-0.25, -0.2) is 0 Å². The Balaban J connectivity index is 2.30. The van der Waals surface area contributed by atoms with Crippen molar-refractivity contribution in [2.75, 3.05) is 0 Å². The molecule has 0 fully saturated rings. The van der Waals surface area contributed by atoms with Crippen molar-refractivity contribution in [3.63, 3.8) is 0 Å². The lowest BCUT2D eigenvalue weighted by Gasteiger charge is -2.15. The van der Waals surface area contributed by atoms with Gasteiger partial charge in [-0.1, -0.05) is 31.2 Å². The Labute approximate surface area is 117 Å². The van der Waals surface area contributed by atoms with E-state index in [1.54, 1.807) is 12.1 Å². The van der Waals surface area contributed by atoms with Crippen LogP contribution >= 0.6 is 0 Å². The van der Waals surface area contributed by atoms with Crippen molar-refractivity contribution in [1.29, 1.82) is 0 Å². The fraction of sp³-hybridized carbons (Fsp3) is 0.200. The summed E-state index contributed by atoms with van der Waals surface area (Å²) in [5, 5.41) is 10.8. The maximum Gasteiger partial charge on any atom is 0.273 e. The molecule has 0 radical (unpaired) electrons. The molecule has 1 atom stereocenters. The van der Waals surface area contributed by atoms with E-state index in [0.29, 0.717) is 11.5 Å². The van der Waals surface area contributed by atoms with Crippen molar-refractivity contribution >= 4 is 5.69 Å². The molecule has 0 bridgehead atoms. The highest BCUT2D eigenvalue weighted by Gasteiger charge is 2.12. The number of rotatable bonds is 5. The van der Waals surface area contributed by atoms with Gasteiger partial charge in [0.25, 0.3) is 5.69 Å². The summed E-state index contributed by atoms with van der Waals surface area (Å²) in [6.07, 6.45) is 0.787. The Morgan fingerprint density at radius 2 is 2.00 bits per heavy atom. The van der Waals surface area contributed by atoms with E-state index in [2.05, 4.69) is 0 Å². The third-order valence-corrected chi connectivity index (χ3v) is 3.01. The smallest absolute Gasteiger partial charge is 0.273 e. The van der Waals surface area contributed by atoms with Crippen molar-refractivity contribution in [3.05, 3.63) is 64.2 Å². The molecule has 5 nitrogen and oxygen atoms in total. The Hall–Kier alpha value is -2.40. The van der Waals surface area contributed by atoms with Crippen LogP contribution in [0.25, 0.3) is 0 Å². The average molecular weight is 272 g/mol. The number of nitro benzene ring substituents is 1. The minimum absolute atomic E-state index is 0.000212. The summed E-state index contributed by atoms with van der Waals surface area (Å²) in [5.74, 6) is 1.05. The molecule has 2 aromatic carbocycles. The maximum absolute atomic E-state index is 10.8. The van der Waals surface area contributed by atoms with Gasteiger partial charge in [0.2, 0.25) is 0 Å². The van der Waals surface area contributed by atoms with Crippen LogP contribution in [0.1, 0.15) is 24.9 Å². The summed E-state index contributed by atoms with van der Waals surface area (Å²) in [5.41, 5.74) is 6.93. The van der Waals surface area contributed by atoms with Gasteiger partial charge in [0, 0.05) is 17.7 Å². The van der Waals surface area contributed by atoms with Gasteiger partial charge in [0.05, 0.1) is 11.0 Å². The second-order valence-corrected chi connectivity index (χ2v) is 4.41. The lowest BCUT2D eigenvalue weighted by atomic mass is 10.0. The highest BCUT2D eigenvalue weighted by molar-refractivity contribution is 5.43. The molecular weight excluding hydrogens is 256 g/mol. The normalized spacial score (nSPS) is 11.9. The topological polar surface area (TPSA) is 78.4 Å². The first-order valence-electron chi connectivity index (χ1n) is 6.38. The van der Waals surface area contributed by atoms with E-state index in [1.165, 1.54) is 12.1 Å². The molecule has 0 aromatic heterocycles. The van der Waals surface area contributed by atoms with Gasteiger partial charge in [0.1, 0.15) is 11.5 Å². The number of nitrogens with zero attached hydrogens (tertiary/aromatic N) is 1. The summed E-state index contributed by atoms with van der Waals surface area (Å²) >= 11 is 0. The van der Waals surface area contributed by atoms with Crippen LogP contribution in [0.5, 0.6) is 11.5 Å². The molecule has 0 aliphatic heterocycles. The quantitative estimate of drug-likeness (QED) is 0.663. The molecule has 0 aliphatic carbocycles. The second kappa shape index (κ2) is 6.16. The van der Waals surface area contributed by atoms with Crippen molar-refractivity contribution in [2.24, 2.45) is 5.73 Å². The SMILES string of the molecule is CC[C@H](N)c1ccccc1Oc1cccc([N+](=O)[O-])c1. The molecule has 104 valence electrons. The molecule has 0 spiro atoms. The van der Waals surface area contributed by atoms with Gasteiger partial charge < -0.3 is 10.5 Å². The van der Waals surface area contributed by atoms with E-state index in [0.717, 1.165) is 12.0 Å². The Morgan fingerprint density at radius 3 is 2.70 bits per heavy atom. The zero-order chi connectivity index (χ0) is 14.5. The van der Waals surface area contributed by atoms with Crippen molar-refractivity contribution < 1.29 is 9.66 Å². The number of nitro groups is 1. The molecular formula is C15H16N2O3. The average Bonchev–Trinajstić information content (AvgIpc) is 2.47. The third kappa shape index (κ3) is 3.13. The van der Waals surface area contributed by atoms with E-state index in [9.17, 15) is 10.1 Å². The zero-order valence-electron chi connectivity index (χ0n) is 11.2. The highest BCUT2D eigenvalue weighted by atomic mass is 16.6. The summed E-state index contributed by atoms with van der Waals surface area (Å²) in [6.45, 7) is 1.99. The van der Waals surface area contributed by atoms with Crippen LogP contribution in [0.2, 0.25) is 0 Å². The van der Waals surface area contributed by atoms with Crippen LogP contribution in [0.4, 0.5) is 5.69 Å². The summed E-state index contributed by atoms with van der Waals surface area (Å²) in [7, 11) is 0. The van der Waals surface area contributed by atoms with Gasteiger partial charge in [0.15, 0.2) is 0 Å². The number of non-ortho nitro benzene ring substituents is 1. The molecule has 5 heteroatoms. The number of benzene rings is 2. The lowest BCUT2D eigenvalue weighted by Crippen LogP contribution is -2.09. The van der Waals surface area contributed by atoms with Gasteiger partial charge in [-0.3, -0.25) is 10.1 Å². The van der Waals surface area contributed by atoms with Crippen LogP contribution in [0, 0.1) is 10.1 Å². The lowest BCUT2D eigenvalue weighted by molar-refractivity contribution is -0.384. The van der Waals surface area contributed by atoms with Crippen LogP contribution in [0.15, 0.2) is 48.5 Å². The van der Waals surface area contributed by atoms with Crippen LogP contribution in [0.3, 0.4) is 0 Å². The first kappa shape index (κ1) is 14.0. The summed E-state index contributed by atoms with van der Waals surface area (Å²) < 4.78 is 5.74. The van der Waals surface area contributed by atoms with E-state index >= 15 is 0 Å². The van der Waals surface area contributed by atoms with Crippen molar-refractivity contribution in [3.8, 4) is 11.5 Å². The van der Waals surface area contributed by atoms with Gasteiger partial charge in [-0.05, 0) is 18.6 Å². The number of ether oxygens (including phenoxy) is 1. The number of para-hydroxylation sites is 1. The molecule has 2 aromatic rings. The van der Waals surface area contributed by atoms with E-state index in [1.807, 2.05) is 31.2 Å². The first-order valence-corrected chi connectivity index (χ1v) is 6.38. The molecule has 0 amide bonds. The minimum Gasteiger partial charge on any atom is -0.457 e. The van der Waals surface area contributed by atoms with Gasteiger partial charge in [-0.2, -0.15) is 0 Å². The Kier molecular flexibility index (Phi) is 4.32. The minimum atomic E-state index is -0.448. The summed E-state index contributed by atoms with van der Waals surface area (Å²) in [4.78, 5) is 10.3. The van der Waals surface area contributed by atoms with Crippen LogP contribution in [-0.2, 0) is 0 Å². The fourth-order valence-electron chi connectivity index (χ4n) is 1.89. The predicted octanol–water partition coefficient (Wildman–Crippen LogP) is 3.80. The van der Waals surface area contributed by atoms with E-state index in [-0.39, 0.29) is 11.7 Å². The number of hydrogen-bond donors (Lipinski definition) is 1. The van der Waals surface area contributed by atoms with Crippen LogP contribution < -0.4 is 10.5 Å². The summed E-state index contributed by atoms with van der Waals surface area (Å²) in [6, 6.07) is 13.4. The number of hydrogen-bond acceptors (Lipinski definition) is 4. The predicted molar refractivity (Wildman–Crippen MR) is 76.8 cm³/mol. The fourth-order valence-corrected chi connectivity index (χ4v) is 1.89. The monoisotopic (exact) mass is 272 g/mol. The first-order chi connectivity index (χ1) is 9.61. The maximum atomic E-state index is 10.8. The van der Waals surface area contributed by atoms with E-state index < -0.39 is 4.92 Å². The van der Waals surface area contributed by atoms with Crippen molar-refractivity contribution in [2.45, 2.75) is 19.4 Å². The zero-order valence-corrected chi connectivity index (χ0v) is 11.2. The second-order valence-electron chi connectivity index (χ2n) is 4.41. The Bertz CT molecular complexity index is 614. The molecule has 0 heterocycles. The standard InChI is InChI=1S/C15H16N2O3/c1-2-14(16)13-8-3-4-9-15(13)20-12-7-5-6-11(10-12)17(18)19/h3-10,14H,2,16H2,1H3/t14-/m0/s1. The molecule has 2 rings (SSSR count). The molecule has 0 unspecified atom stereocenters.